The third-order valence-electron chi connectivity index (χ3n) is 2.03. The molecule has 0 N–H and O–H groups in total. The minimum Gasteiger partial charge on any atom is -0.493 e. The Morgan fingerprint density at radius 2 is 2.33 bits per heavy atom. The van der Waals surface area contributed by atoms with Crippen LogP contribution < -0.4 is 4.74 Å². The highest BCUT2D eigenvalue weighted by Gasteiger charge is 2.09. The van der Waals surface area contributed by atoms with Gasteiger partial charge in [-0.2, -0.15) is 0 Å². The molecule has 12 heavy (non-hydrogen) atoms. The van der Waals surface area contributed by atoms with Crippen LogP contribution in [0.5, 0.6) is 5.75 Å². The Hall–Kier alpha value is -1.31. The fraction of sp³-hybridized carbons (Fsp3) is 0.300. The molecule has 2 nitrogen and oxygen atoms in total. The lowest BCUT2D eigenvalue weighted by molar-refractivity contribution is 0.288. The molecule has 0 saturated heterocycles. The highest BCUT2D eigenvalue weighted by atomic mass is 16.5. The number of hydrogen-bond donors (Lipinski definition) is 0. The van der Waals surface area contributed by atoms with E-state index in [9.17, 15) is 4.79 Å². The predicted molar refractivity (Wildman–Crippen MR) is 45.1 cm³/mol. The van der Waals surface area contributed by atoms with E-state index in [1.165, 1.54) is 5.56 Å². The molecule has 0 amide bonds. The summed E-state index contributed by atoms with van der Waals surface area (Å²) in [4.78, 5) is 10.3. The summed E-state index contributed by atoms with van der Waals surface area (Å²) in [6.07, 6.45) is 3.96. The van der Waals surface area contributed by atoms with Crippen LogP contribution in [-0.4, -0.2) is 12.9 Å². The number of carbonyl (C=O) groups excluding carboxylic acids is 1. The zero-order valence-corrected chi connectivity index (χ0v) is 6.67. The van der Waals surface area contributed by atoms with Gasteiger partial charge in [-0.15, -0.1) is 0 Å². The molecule has 0 unspecified atom stereocenters. The van der Waals surface area contributed by atoms with E-state index in [-0.39, 0.29) is 0 Å². The van der Waals surface area contributed by atoms with Crippen molar-refractivity contribution in [2.45, 2.75) is 12.8 Å². The number of ether oxygens (including phenoxy) is 1. The number of benzene rings is 1. The first-order valence-electron chi connectivity index (χ1n) is 4.04. The summed E-state index contributed by atoms with van der Waals surface area (Å²) in [5.41, 5.74) is 1.76. The van der Waals surface area contributed by atoms with E-state index in [1.54, 1.807) is 12.1 Å². The summed E-state index contributed by atoms with van der Waals surface area (Å²) < 4.78 is 5.39. The summed E-state index contributed by atoms with van der Waals surface area (Å²) in [5.74, 6) is 0.849. The Morgan fingerprint density at radius 3 is 3.17 bits per heavy atom. The Morgan fingerprint density at radius 1 is 1.42 bits per heavy atom. The molecular weight excluding hydrogens is 152 g/mol. The van der Waals surface area contributed by atoms with Gasteiger partial charge < -0.3 is 4.74 Å². The number of aryl methyl sites for hydroxylation is 1. The average molecular weight is 161 g/mol. The van der Waals surface area contributed by atoms with Crippen molar-refractivity contribution >= 4 is 6.29 Å². The van der Waals surface area contributed by atoms with Gasteiger partial charge in [0, 0.05) is 5.56 Å². The van der Waals surface area contributed by atoms with E-state index in [1.807, 2.05) is 12.4 Å². The first kappa shape index (κ1) is 7.35. The maximum atomic E-state index is 10.3. The van der Waals surface area contributed by atoms with Crippen molar-refractivity contribution < 1.29 is 9.53 Å². The van der Waals surface area contributed by atoms with Gasteiger partial charge in [0.15, 0.2) is 0 Å². The van der Waals surface area contributed by atoms with E-state index < -0.39 is 0 Å². The molecule has 61 valence electrons. The molecule has 1 aromatic carbocycles. The van der Waals surface area contributed by atoms with E-state index in [2.05, 4.69) is 0 Å². The lowest BCUT2D eigenvalue weighted by Gasteiger charge is -2.16. The minimum atomic E-state index is 0.565. The van der Waals surface area contributed by atoms with Gasteiger partial charge in [-0.25, -0.2) is 0 Å². The van der Waals surface area contributed by atoms with Crippen molar-refractivity contribution in [3.8, 4) is 5.75 Å². The van der Waals surface area contributed by atoms with Crippen molar-refractivity contribution in [2.75, 3.05) is 6.61 Å². The fourth-order valence-electron chi connectivity index (χ4n) is 1.40. The van der Waals surface area contributed by atoms with Gasteiger partial charge in [-0.3, -0.25) is 4.79 Å². The molecule has 0 aromatic heterocycles. The van der Waals surface area contributed by atoms with Crippen LogP contribution in [0.3, 0.4) is 0 Å². The van der Waals surface area contributed by atoms with Crippen molar-refractivity contribution in [3.05, 3.63) is 29.3 Å². The molecule has 0 saturated carbocycles. The summed E-state index contributed by atoms with van der Waals surface area (Å²) in [7, 11) is 0. The molecule has 0 fully saturated rings. The predicted octanol–water partition coefficient (Wildman–Crippen LogP) is 1.47. The lowest BCUT2D eigenvalue weighted by atomic mass is 10.0. The highest BCUT2D eigenvalue weighted by molar-refractivity contribution is 5.76. The van der Waals surface area contributed by atoms with Gasteiger partial charge in [0.25, 0.3) is 0 Å². The average Bonchev–Trinajstić information content (AvgIpc) is 2.17. The van der Waals surface area contributed by atoms with Gasteiger partial charge in [0.05, 0.1) is 6.61 Å². The summed E-state index contributed by atoms with van der Waals surface area (Å²) in [6, 6.07) is 5.47. The maximum Gasteiger partial charge on any atom is 0.233 e. The minimum absolute atomic E-state index is 0.565. The van der Waals surface area contributed by atoms with Crippen LogP contribution in [0.15, 0.2) is 18.2 Å². The van der Waals surface area contributed by atoms with Gasteiger partial charge in [0.2, 0.25) is 6.29 Å². The first-order valence-corrected chi connectivity index (χ1v) is 4.04. The largest absolute Gasteiger partial charge is 0.493 e. The van der Waals surface area contributed by atoms with Crippen LogP contribution in [0.1, 0.15) is 17.5 Å². The van der Waals surface area contributed by atoms with Crippen molar-refractivity contribution in [2.24, 2.45) is 0 Å². The normalized spacial score (nSPS) is 14.7. The zero-order chi connectivity index (χ0) is 8.39. The topological polar surface area (TPSA) is 26.3 Å². The van der Waals surface area contributed by atoms with Crippen LogP contribution in [0, 0.1) is 0 Å². The second-order valence-electron chi connectivity index (χ2n) is 2.88. The molecule has 1 aliphatic heterocycles. The third-order valence-corrected chi connectivity index (χ3v) is 2.03. The molecular formula is C10H9O2. The van der Waals surface area contributed by atoms with Gasteiger partial charge in [-0.05, 0) is 24.5 Å². The van der Waals surface area contributed by atoms with Crippen molar-refractivity contribution in [1.29, 1.82) is 0 Å². The van der Waals surface area contributed by atoms with Crippen LogP contribution in [0.2, 0.25) is 0 Å². The van der Waals surface area contributed by atoms with Gasteiger partial charge >= 0.3 is 0 Å². The van der Waals surface area contributed by atoms with E-state index in [0.717, 1.165) is 25.2 Å². The molecule has 0 bridgehead atoms. The fourth-order valence-corrected chi connectivity index (χ4v) is 1.40. The lowest BCUT2D eigenvalue weighted by Crippen LogP contribution is -2.08. The van der Waals surface area contributed by atoms with Gasteiger partial charge in [0.1, 0.15) is 5.75 Å². The molecule has 0 atom stereocenters. The molecule has 1 aliphatic rings. The second kappa shape index (κ2) is 2.97. The van der Waals surface area contributed by atoms with Crippen molar-refractivity contribution in [1.82, 2.24) is 0 Å². The number of rotatable bonds is 1. The Balaban J connectivity index is 2.42. The summed E-state index contributed by atoms with van der Waals surface area (Å²) in [5, 5.41) is 0. The van der Waals surface area contributed by atoms with Gasteiger partial charge in [-0.1, -0.05) is 12.1 Å². The highest BCUT2D eigenvalue weighted by Crippen LogP contribution is 2.24. The molecule has 1 aromatic rings. The molecule has 0 aliphatic carbocycles. The van der Waals surface area contributed by atoms with Crippen LogP contribution in [-0.2, 0) is 11.2 Å². The van der Waals surface area contributed by atoms with E-state index >= 15 is 0 Å². The SMILES string of the molecule is O=[C]c1ccc2c(c1)OCCC2. The third kappa shape index (κ3) is 1.20. The maximum absolute atomic E-state index is 10.3. The second-order valence-corrected chi connectivity index (χ2v) is 2.88. The molecule has 0 spiro atoms. The summed E-state index contributed by atoms with van der Waals surface area (Å²) in [6.45, 7) is 0.759. The van der Waals surface area contributed by atoms with E-state index in [4.69, 9.17) is 4.74 Å². The first-order chi connectivity index (χ1) is 5.90. The molecule has 2 heteroatoms. The van der Waals surface area contributed by atoms with Crippen molar-refractivity contribution in [3.63, 3.8) is 0 Å². The molecule has 1 radical (unpaired) electrons. The zero-order valence-electron chi connectivity index (χ0n) is 6.67. The molecule has 2 rings (SSSR count). The van der Waals surface area contributed by atoms with Crippen LogP contribution >= 0.6 is 0 Å². The standard InChI is InChI=1S/C10H9O2/c11-7-8-3-4-9-2-1-5-12-10(9)6-8/h3-4,6H,1-2,5H2. The smallest absolute Gasteiger partial charge is 0.233 e. The van der Waals surface area contributed by atoms with Crippen LogP contribution in [0.4, 0.5) is 0 Å². The Labute approximate surface area is 71.2 Å². The molecule has 1 heterocycles. The Bertz CT molecular complexity index is 305. The monoisotopic (exact) mass is 161 g/mol. The quantitative estimate of drug-likeness (QED) is 0.623. The summed E-state index contributed by atoms with van der Waals surface area (Å²) >= 11 is 0. The number of fused-ring (bicyclic) bond motifs is 1. The Kier molecular flexibility index (Phi) is 1.82. The number of hydrogen-bond acceptors (Lipinski definition) is 2. The van der Waals surface area contributed by atoms with Crippen LogP contribution in [0.25, 0.3) is 0 Å². The van der Waals surface area contributed by atoms with E-state index in [0.29, 0.717) is 5.56 Å².